The van der Waals surface area contributed by atoms with Crippen molar-refractivity contribution < 1.29 is 13.6 Å². The van der Waals surface area contributed by atoms with E-state index in [-0.39, 0.29) is 17.6 Å². The van der Waals surface area contributed by atoms with Crippen molar-refractivity contribution in [2.45, 2.75) is 25.9 Å². The molecule has 0 saturated heterocycles. The highest BCUT2D eigenvalue weighted by molar-refractivity contribution is 6.01. The second-order valence-electron chi connectivity index (χ2n) is 7.96. The van der Waals surface area contributed by atoms with Crippen molar-refractivity contribution in [1.29, 1.82) is 0 Å². The first-order valence-corrected chi connectivity index (χ1v) is 9.69. The molecule has 8 heteroatoms. The van der Waals surface area contributed by atoms with Gasteiger partial charge in [-0.05, 0) is 42.7 Å². The van der Waals surface area contributed by atoms with Crippen LogP contribution in [0, 0.1) is 5.82 Å². The number of pyridine rings is 2. The van der Waals surface area contributed by atoms with Crippen LogP contribution in [0.25, 0.3) is 22.0 Å². The normalized spacial score (nSPS) is 11.8. The number of amides is 1. The molecule has 4 aromatic rings. The molecule has 158 valence electrons. The zero-order chi connectivity index (χ0) is 22.3. The minimum Gasteiger partial charge on any atom is -0.364 e. The monoisotopic (exact) mass is 421 g/mol. The molecule has 0 atom stereocenters. The lowest BCUT2D eigenvalue weighted by atomic mass is 9.98. The molecule has 2 N–H and O–H groups in total. The van der Waals surface area contributed by atoms with Gasteiger partial charge >= 0.3 is 0 Å². The van der Waals surface area contributed by atoms with Crippen molar-refractivity contribution in [2.24, 2.45) is 12.8 Å². The van der Waals surface area contributed by atoms with Crippen molar-refractivity contribution in [3.63, 3.8) is 0 Å². The van der Waals surface area contributed by atoms with Gasteiger partial charge in [-0.25, -0.2) is 13.8 Å². The summed E-state index contributed by atoms with van der Waals surface area (Å²) < 4.78 is 31.1. The van der Waals surface area contributed by atoms with Crippen molar-refractivity contribution in [3.05, 3.63) is 77.3 Å². The van der Waals surface area contributed by atoms with Crippen LogP contribution < -0.4 is 5.73 Å². The van der Waals surface area contributed by atoms with Crippen LogP contribution in [0.2, 0.25) is 0 Å². The summed E-state index contributed by atoms with van der Waals surface area (Å²) in [6.07, 6.45) is 5.18. The number of hydrogen-bond acceptors (Lipinski definition) is 4. The third kappa shape index (κ3) is 4.01. The molecule has 0 aliphatic carbocycles. The Labute approximate surface area is 177 Å². The molecule has 4 rings (SSSR count). The maximum Gasteiger partial charge on any atom is 0.267 e. The molecular formula is C23H21F2N5O. The van der Waals surface area contributed by atoms with Crippen LogP contribution in [-0.4, -0.2) is 25.7 Å². The number of primary amides is 1. The highest BCUT2D eigenvalue weighted by atomic mass is 19.1. The van der Waals surface area contributed by atoms with E-state index < -0.39 is 17.4 Å². The molecule has 0 aliphatic rings. The molecule has 3 heterocycles. The topological polar surface area (TPSA) is 86.7 Å². The first kappa shape index (κ1) is 20.6. The molecule has 0 spiro atoms. The number of halogens is 2. The largest absolute Gasteiger partial charge is 0.364 e. The summed E-state index contributed by atoms with van der Waals surface area (Å²) in [6.45, 7) is 2.86. The van der Waals surface area contributed by atoms with E-state index in [9.17, 15) is 9.18 Å². The van der Waals surface area contributed by atoms with E-state index in [0.29, 0.717) is 22.2 Å². The molecule has 1 aromatic carbocycles. The number of nitrogens with zero attached hydrogens (tertiary/aromatic N) is 4. The second-order valence-corrected chi connectivity index (χ2v) is 7.96. The van der Waals surface area contributed by atoms with Crippen molar-refractivity contribution in [2.75, 3.05) is 0 Å². The van der Waals surface area contributed by atoms with Gasteiger partial charge in [0.2, 0.25) is 0 Å². The predicted octanol–water partition coefficient (Wildman–Crippen LogP) is 4.06. The van der Waals surface area contributed by atoms with Crippen LogP contribution in [0.3, 0.4) is 0 Å². The van der Waals surface area contributed by atoms with Gasteiger partial charge in [0, 0.05) is 36.8 Å². The van der Waals surface area contributed by atoms with E-state index in [0.717, 1.165) is 11.1 Å². The Morgan fingerprint density at radius 3 is 2.55 bits per heavy atom. The zero-order valence-corrected chi connectivity index (χ0v) is 17.4. The number of carbonyl (C=O) groups excluding carboxylic acids is 1. The molecule has 0 saturated carbocycles. The summed E-state index contributed by atoms with van der Waals surface area (Å²) in [4.78, 5) is 20.1. The third-order valence-electron chi connectivity index (χ3n) is 5.10. The Bertz CT molecular complexity index is 1290. The van der Waals surface area contributed by atoms with Crippen LogP contribution in [0.15, 0.2) is 48.9 Å². The number of alkyl halides is 1. The highest BCUT2D eigenvalue weighted by Crippen LogP contribution is 2.32. The first-order chi connectivity index (χ1) is 14.6. The Hall–Kier alpha value is -3.68. The summed E-state index contributed by atoms with van der Waals surface area (Å²) in [6, 6.07) is 8.30. The van der Waals surface area contributed by atoms with Gasteiger partial charge in [0.1, 0.15) is 16.9 Å². The standard InChI is InChI=1S/C23H21F2N5O/c1-23(2,25)19-7-4-13(10-27-19)8-14-5-6-16-17(15-11-28-30(3)12-15)9-18(22(26)31)29-21(16)20(14)24/h4-7,9-12H,8H2,1-3H3,(H2,26,31). The summed E-state index contributed by atoms with van der Waals surface area (Å²) in [5.74, 6) is -1.29. The SMILES string of the molecule is Cn1cc(-c2cc(C(N)=O)nc3c(F)c(Cc4ccc(C(C)(C)F)nc4)ccc23)cn1. The molecule has 6 nitrogen and oxygen atoms in total. The number of aromatic nitrogens is 4. The number of benzene rings is 1. The van der Waals surface area contributed by atoms with Crippen LogP contribution in [0.4, 0.5) is 8.78 Å². The predicted molar refractivity (Wildman–Crippen MR) is 114 cm³/mol. The van der Waals surface area contributed by atoms with Crippen molar-refractivity contribution in [3.8, 4) is 11.1 Å². The Balaban J connectivity index is 1.80. The van der Waals surface area contributed by atoms with E-state index >= 15 is 4.39 Å². The van der Waals surface area contributed by atoms with E-state index in [1.807, 2.05) is 0 Å². The summed E-state index contributed by atoms with van der Waals surface area (Å²) in [5, 5.41) is 4.70. The van der Waals surface area contributed by atoms with E-state index in [2.05, 4.69) is 15.1 Å². The lowest BCUT2D eigenvalue weighted by Crippen LogP contribution is -2.14. The van der Waals surface area contributed by atoms with E-state index in [1.165, 1.54) is 20.0 Å². The maximum absolute atomic E-state index is 15.5. The lowest BCUT2D eigenvalue weighted by Gasteiger charge is -2.14. The van der Waals surface area contributed by atoms with Crippen molar-refractivity contribution >= 4 is 16.8 Å². The molecular weight excluding hydrogens is 400 g/mol. The molecule has 0 fully saturated rings. The summed E-state index contributed by atoms with van der Waals surface area (Å²) in [7, 11) is 1.77. The zero-order valence-electron chi connectivity index (χ0n) is 17.4. The fourth-order valence-corrected chi connectivity index (χ4v) is 3.46. The molecule has 0 bridgehead atoms. The Morgan fingerprint density at radius 2 is 1.97 bits per heavy atom. The minimum absolute atomic E-state index is 0.0291. The quantitative estimate of drug-likeness (QED) is 0.526. The number of carbonyl (C=O) groups is 1. The molecule has 0 unspecified atom stereocenters. The summed E-state index contributed by atoms with van der Waals surface area (Å²) >= 11 is 0. The van der Waals surface area contributed by atoms with Crippen LogP contribution in [-0.2, 0) is 19.1 Å². The number of hydrogen-bond donors (Lipinski definition) is 1. The van der Waals surface area contributed by atoms with Gasteiger partial charge in [-0.2, -0.15) is 5.10 Å². The number of nitrogens with two attached hydrogens (primary N) is 1. The smallest absolute Gasteiger partial charge is 0.267 e. The molecule has 0 aliphatic heterocycles. The Kier molecular flexibility index (Phi) is 5.00. The summed E-state index contributed by atoms with van der Waals surface area (Å²) in [5.41, 5.74) is 6.67. The van der Waals surface area contributed by atoms with Gasteiger partial charge in [0.15, 0.2) is 5.82 Å². The first-order valence-electron chi connectivity index (χ1n) is 9.69. The van der Waals surface area contributed by atoms with Gasteiger partial charge in [-0.1, -0.05) is 18.2 Å². The number of aryl methyl sites for hydroxylation is 1. The van der Waals surface area contributed by atoms with Crippen LogP contribution >= 0.6 is 0 Å². The maximum atomic E-state index is 15.5. The fraction of sp³-hybridized carbons (Fsp3) is 0.217. The fourth-order valence-electron chi connectivity index (χ4n) is 3.46. The third-order valence-corrected chi connectivity index (χ3v) is 5.10. The lowest BCUT2D eigenvalue weighted by molar-refractivity contribution is 0.0996. The molecule has 31 heavy (non-hydrogen) atoms. The molecule has 3 aromatic heterocycles. The van der Waals surface area contributed by atoms with Gasteiger partial charge in [0.25, 0.3) is 5.91 Å². The van der Waals surface area contributed by atoms with E-state index in [1.54, 1.807) is 54.5 Å². The van der Waals surface area contributed by atoms with Crippen LogP contribution in [0.5, 0.6) is 0 Å². The van der Waals surface area contributed by atoms with Crippen LogP contribution in [0.1, 0.15) is 41.2 Å². The van der Waals surface area contributed by atoms with Gasteiger partial charge < -0.3 is 5.73 Å². The van der Waals surface area contributed by atoms with Gasteiger partial charge in [-0.3, -0.25) is 14.5 Å². The molecule has 1 amide bonds. The van der Waals surface area contributed by atoms with Crippen molar-refractivity contribution in [1.82, 2.24) is 19.7 Å². The molecule has 0 radical (unpaired) electrons. The second kappa shape index (κ2) is 7.54. The number of rotatable bonds is 5. The average molecular weight is 421 g/mol. The van der Waals surface area contributed by atoms with E-state index in [4.69, 9.17) is 5.73 Å². The minimum atomic E-state index is -1.55. The van der Waals surface area contributed by atoms with Gasteiger partial charge in [0.05, 0.1) is 11.9 Å². The number of fused-ring (bicyclic) bond motifs is 1. The highest BCUT2D eigenvalue weighted by Gasteiger charge is 2.21. The average Bonchev–Trinajstić information content (AvgIpc) is 3.15. The van der Waals surface area contributed by atoms with Gasteiger partial charge in [-0.15, -0.1) is 0 Å². The Morgan fingerprint density at radius 1 is 1.19 bits per heavy atom.